The molecule has 2 amide bonds. The number of aromatic nitrogens is 2. The topological polar surface area (TPSA) is 98.9 Å². The number of nitrogens with zero attached hydrogens (tertiary/aromatic N) is 1. The van der Waals surface area contributed by atoms with Crippen LogP contribution < -0.4 is 16.0 Å². The Morgan fingerprint density at radius 2 is 1.80 bits per heavy atom. The van der Waals surface area contributed by atoms with Crippen molar-refractivity contribution in [3.05, 3.63) is 95.3 Å². The van der Waals surface area contributed by atoms with E-state index in [2.05, 4.69) is 25.9 Å². The lowest BCUT2D eigenvalue weighted by Gasteiger charge is -2.30. The van der Waals surface area contributed by atoms with Crippen LogP contribution in [-0.4, -0.2) is 33.7 Å². The number of alkyl halides is 2. The number of benzene rings is 2. The number of hydrogen-bond donors (Lipinski definition) is 4. The van der Waals surface area contributed by atoms with Gasteiger partial charge in [0.1, 0.15) is 17.5 Å². The first-order chi connectivity index (χ1) is 19.5. The highest BCUT2D eigenvalue weighted by molar-refractivity contribution is 6.07. The third-order valence-corrected chi connectivity index (χ3v) is 6.77. The minimum absolute atomic E-state index is 0.0861. The molecular weight excluding hydrogens is 538 g/mol. The number of nitrogens with one attached hydrogen (secondary N) is 4. The fourth-order valence-electron chi connectivity index (χ4n) is 4.98. The molecule has 4 N–H and O–H groups in total. The Labute approximate surface area is 233 Å². The number of H-pyrrole nitrogens is 1. The van der Waals surface area contributed by atoms with E-state index in [9.17, 15) is 27.2 Å². The lowest BCUT2D eigenvalue weighted by molar-refractivity contribution is -0.118. The van der Waals surface area contributed by atoms with Crippen LogP contribution in [0, 0.1) is 11.6 Å². The lowest BCUT2D eigenvalue weighted by atomic mass is 9.91. The van der Waals surface area contributed by atoms with Gasteiger partial charge in [-0.3, -0.25) is 9.59 Å². The van der Waals surface area contributed by atoms with Crippen LogP contribution in [0.5, 0.6) is 0 Å². The molecule has 1 unspecified atom stereocenters. The van der Waals surface area contributed by atoms with Crippen LogP contribution in [0.4, 0.5) is 34.8 Å². The van der Waals surface area contributed by atoms with Crippen LogP contribution in [0.3, 0.4) is 0 Å². The van der Waals surface area contributed by atoms with Gasteiger partial charge in [-0.2, -0.15) is 0 Å². The summed E-state index contributed by atoms with van der Waals surface area (Å²) in [6.45, 7) is 3.79. The minimum atomic E-state index is -2.77. The lowest BCUT2D eigenvalue weighted by Crippen LogP contribution is -2.49. The average Bonchev–Trinajstić information content (AvgIpc) is 3.25. The van der Waals surface area contributed by atoms with E-state index < -0.39 is 41.8 Å². The molecule has 4 aromatic rings. The van der Waals surface area contributed by atoms with E-state index in [1.807, 2.05) is 13.8 Å². The van der Waals surface area contributed by atoms with Gasteiger partial charge in [0.15, 0.2) is 0 Å². The summed E-state index contributed by atoms with van der Waals surface area (Å²) < 4.78 is 54.0. The van der Waals surface area contributed by atoms with Crippen molar-refractivity contribution in [1.82, 2.24) is 15.3 Å². The van der Waals surface area contributed by atoms with E-state index in [4.69, 9.17) is 0 Å². The van der Waals surface area contributed by atoms with Crippen LogP contribution in [-0.2, 0) is 11.2 Å². The zero-order valence-electron chi connectivity index (χ0n) is 22.2. The van der Waals surface area contributed by atoms with Gasteiger partial charge in [-0.05, 0) is 61.9 Å². The molecule has 0 fully saturated rings. The minimum Gasteiger partial charge on any atom is -0.356 e. The predicted octanol–water partition coefficient (Wildman–Crippen LogP) is 6.54. The molecule has 212 valence electrons. The van der Waals surface area contributed by atoms with Crippen molar-refractivity contribution in [3.63, 3.8) is 0 Å². The third kappa shape index (κ3) is 6.24. The Hall–Kier alpha value is -4.67. The van der Waals surface area contributed by atoms with Gasteiger partial charge in [0.05, 0.1) is 22.9 Å². The number of carbonyl (C=O) groups excluding carboxylic acids is 2. The van der Waals surface area contributed by atoms with Gasteiger partial charge >= 0.3 is 0 Å². The van der Waals surface area contributed by atoms with Crippen LogP contribution in [0.1, 0.15) is 47.8 Å². The highest BCUT2D eigenvalue weighted by Crippen LogP contribution is 2.39. The Morgan fingerprint density at radius 1 is 1.05 bits per heavy atom. The first kappa shape index (κ1) is 27.9. The van der Waals surface area contributed by atoms with Crippen molar-refractivity contribution in [2.24, 2.45) is 0 Å². The predicted molar refractivity (Wildman–Crippen MR) is 147 cm³/mol. The van der Waals surface area contributed by atoms with Crippen molar-refractivity contribution in [2.45, 2.75) is 44.6 Å². The largest absolute Gasteiger partial charge is 0.356 e. The SMILES string of the molecule is CC1(C)Cc2[nH]c(-c3ccnc(NC(=O)C(CC(F)F)c4ccc(F)cc4)c3)c(Nc3cccc(F)c3)c2C(=O)N1. The number of aromatic amines is 1. The molecule has 1 aliphatic rings. The van der Waals surface area contributed by atoms with Crippen molar-refractivity contribution in [1.29, 1.82) is 0 Å². The highest BCUT2D eigenvalue weighted by atomic mass is 19.3. The van der Waals surface area contributed by atoms with E-state index >= 15 is 0 Å². The van der Waals surface area contributed by atoms with Gasteiger partial charge in [0, 0.05) is 41.5 Å². The summed E-state index contributed by atoms with van der Waals surface area (Å²) in [4.78, 5) is 33.7. The number of fused-ring (bicyclic) bond motifs is 1. The number of halogens is 4. The normalized spacial score (nSPS) is 14.8. The molecule has 2 aromatic carbocycles. The van der Waals surface area contributed by atoms with Crippen molar-refractivity contribution < 1.29 is 27.2 Å². The maximum atomic E-state index is 14.0. The van der Waals surface area contributed by atoms with Crippen LogP contribution in [0.2, 0.25) is 0 Å². The van der Waals surface area contributed by atoms with E-state index in [1.54, 1.807) is 18.2 Å². The number of carbonyl (C=O) groups is 2. The summed E-state index contributed by atoms with van der Waals surface area (Å²) in [5, 5.41) is 8.71. The molecule has 41 heavy (non-hydrogen) atoms. The molecule has 11 heteroatoms. The number of amides is 2. The van der Waals surface area contributed by atoms with E-state index in [1.165, 1.54) is 36.5 Å². The Kier molecular flexibility index (Phi) is 7.53. The standard InChI is InChI=1S/C30H27F4N5O2/c1-30(2)15-22-25(29(41)39-30)27(36-20-5-3-4-19(32)13-20)26(37-22)17-10-11-35-24(12-17)38-28(40)21(14-23(33)34)16-6-8-18(31)9-7-16/h3-13,21,23,36-37H,14-15H2,1-2H3,(H,39,41)(H,35,38,40). The molecule has 0 radical (unpaired) electrons. The van der Waals surface area contributed by atoms with Crippen LogP contribution in [0.15, 0.2) is 66.9 Å². The fraction of sp³-hybridized carbons (Fsp3) is 0.233. The summed E-state index contributed by atoms with van der Waals surface area (Å²) in [6, 6.07) is 13.8. The van der Waals surface area contributed by atoms with Gasteiger partial charge in [-0.15, -0.1) is 0 Å². The molecule has 0 spiro atoms. The zero-order chi connectivity index (χ0) is 29.3. The Morgan fingerprint density at radius 3 is 2.51 bits per heavy atom. The molecule has 0 saturated carbocycles. The molecule has 1 aliphatic heterocycles. The van der Waals surface area contributed by atoms with Crippen molar-refractivity contribution in [2.75, 3.05) is 10.6 Å². The smallest absolute Gasteiger partial charge is 0.255 e. The Balaban J connectivity index is 1.51. The molecule has 1 atom stereocenters. The summed E-state index contributed by atoms with van der Waals surface area (Å²) in [5.74, 6) is -3.20. The first-order valence-corrected chi connectivity index (χ1v) is 12.9. The highest BCUT2D eigenvalue weighted by Gasteiger charge is 2.35. The van der Waals surface area contributed by atoms with Crippen molar-refractivity contribution >= 4 is 29.0 Å². The second kappa shape index (κ2) is 11.1. The molecule has 7 nitrogen and oxygen atoms in total. The second-order valence-electron chi connectivity index (χ2n) is 10.5. The monoisotopic (exact) mass is 565 g/mol. The van der Waals surface area contributed by atoms with Gasteiger partial charge in [0.2, 0.25) is 12.3 Å². The van der Waals surface area contributed by atoms with Crippen LogP contribution in [0.25, 0.3) is 11.3 Å². The van der Waals surface area contributed by atoms with E-state index in [-0.39, 0.29) is 17.3 Å². The third-order valence-electron chi connectivity index (χ3n) is 6.77. The van der Waals surface area contributed by atoms with Gasteiger partial charge < -0.3 is 20.9 Å². The summed E-state index contributed by atoms with van der Waals surface area (Å²) in [7, 11) is 0. The van der Waals surface area contributed by atoms with E-state index in [0.717, 1.165) is 12.1 Å². The number of anilines is 3. The van der Waals surface area contributed by atoms with E-state index in [0.29, 0.717) is 40.3 Å². The van der Waals surface area contributed by atoms with Crippen LogP contribution >= 0.6 is 0 Å². The summed E-state index contributed by atoms with van der Waals surface area (Å²) >= 11 is 0. The average molecular weight is 566 g/mol. The quantitative estimate of drug-likeness (QED) is 0.182. The molecule has 3 heterocycles. The summed E-state index contributed by atoms with van der Waals surface area (Å²) in [6.07, 6.45) is -1.60. The van der Waals surface area contributed by atoms with Gasteiger partial charge in [-0.25, -0.2) is 22.5 Å². The molecular formula is C30H27F4N5O2. The summed E-state index contributed by atoms with van der Waals surface area (Å²) in [5.41, 5.74) is 2.62. The molecule has 2 aromatic heterocycles. The Bertz CT molecular complexity index is 1600. The maximum absolute atomic E-state index is 14.0. The second-order valence-corrected chi connectivity index (χ2v) is 10.5. The molecule has 0 aliphatic carbocycles. The van der Waals surface area contributed by atoms with Gasteiger partial charge in [-0.1, -0.05) is 18.2 Å². The first-order valence-electron chi connectivity index (χ1n) is 12.9. The molecule has 0 bridgehead atoms. The maximum Gasteiger partial charge on any atom is 0.255 e. The zero-order valence-corrected chi connectivity index (χ0v) is 22.2. The van der Waals surface area contributed by atoms with Gasteiger partial charge in [0.25, 0.3) is 5.91 Å². The number of hydrogen-bond acceptors (Lipinski definition) is 4. The molecule has 0 saturated heterocycles. The fourth-order valence-corrected chi connectivity index (χ4v) is 4.98. The number of rotatable bonds is 8. The van der Waals surface area contributed by atoms with Crippen molar-refractivity contribution in [3.8, 4) is 11.3 Å². The number of pyridine rings is 1. The molecule has 5 rings (SSSR count).